The lowest BCUT2D eigenvalue weighted by Crippen LogP contribution is -2.29. The van der Waals surface area contributed by atoms with Crippen LogP contribution in [0.3, 0.4) is 0 Å². The zero-order valence-electron chi connectivity index (χ0n) is 8.94. The topological polar surface area (TPSA) is 107 Å². The van der Waals surface area contributed by atoms with Crippen LogP contribution in [0.4, 0.5) is 0 Å². The Morgan fingerprint density at radius 1 is 1.35 bits per heavy atom. The second-order valence-corrected chi connectivity index (χ2v) is 4.92. The van der Waals surface area contributed by atoms with Crippen molar-refractivity contribution in [3.8, 4) is 0 Å². The van der Waals surface area contributed by atoms with Crippen LogP contribution in [0.25, 0.3) is 0 Å². The summed E-state index contributed by atoms with van der Waals surface area (Å²) in [6.07, 6.45) is -0.359. The van der Waals surface area contributed by atoms with Gasteiger partial charge in [-0.05, 0) is 12.1 Å². The number of carbonyl (C=O) groups excluding carboxylic acids is 1. The molecule has 6 nitrogen and oxygen atoms in total. The first-order chi connectivity index (χ1) is 7.95. The van der Waals surface area contributed by atoms with Crippen LogP contribution in [0.5, 0.6) is 0 Å². The van der Waals surface area contributed by atoms with Gasteiger partial charge in [0.05, 0.1) is 13.0 Å². The van der Waals surface area contributed by atoms with E-state index in [9.17, 15) is 13.2 Å². The number of benzene rings is 1. The Morgan fingerprint density at radius 3 is 2.47 bits per heavy atom. The van der Waals surface area contributed by atoms with Crippen LogP contribution in [0.1, 0.15) is 6.42 Å². The molecule has 0 fully saturated rings. The molecule has 1 aromatic rings. The fourth-order valence-electron chi connectivity index (χ4n) is 1.07. The second kappa shape index (κ2) is 5.76. The van der Waals surface area contributed by atoms with Crippen molar-refractivity contribution in [2.24, 2.45) is 5.73 Å². The zero-order chi connectivity index (χ0) is 12.9. The van der Waals surface area contributed by atoms with Gasteiger partial charge in [-0.15, -0.1) is 0 Å². The average molecular weight is 259 g/mol. The van der Waals surface area contributed by atoms with Crippen molar-refractivity contribution in [2.45, 2.75) is 17.4 Å². The van der Waals surface area contributed by atoms with Crippen LogP contribution < -0.4 is 5.73 Å². The summed E-state index contributed by atoms with van der Waals surface area (Å²) in [5, 5.41) is 8.62. The van der Waals surface area contributed by atoms with Crippen LogP contribution in [0, 0.1) is 0 Å². The van der Waals surface area contributed by atoms with Gasteiger partial charge in [0.25, 0.3) is 0 Å². The maximum absolute atomic E-state index is 11.6. The fraction of sp³-hybridized carbons (Fsp3) is 0.300. The maximum atomic E-state index is 11.6. The largest absolute Gasteiger partial charge is 0.395 e. The summed E-state index contributed by atoms with van der Waals surface area (Å²) in [7, 11) is -4.10. The van der Waals surface area contributed by atoms with E-state index < -0.39 is 28.7 Å². The number of hydrogen-bond acceptors (Lipinski definition) is 6. The van der Waals surface area contributed by atoms with Gasteiger partial charge in [0, 0.05) is 6.04 Å². The van der Waals surface area contributed by atoms with Crippen LogP contribution in [-0.2, 0) is 19.1 Å². The van der Waals surface area contributed by atoms with Gasteiger partial charge in [-0.1, -0.05) is 18.2 Å². The Morgan fingerprint density at radius 2 is 1.94 bits per heavy atom. The summed E-state index contributed by atoms with van der Waals surface area (Å²) in [5.41, 5.74) is 5.29. The molecule has 7 heteroatoms. The van der Waals surface area contributed by atoms with Gasteiger partial charge in [0.15, 0.2) is 0 Å². The standard InChI is InChI=1S/C10H13NO5S/c11-8(7-12)6-10(13)16-17(14,15)9-4-2-1-3-5-9/h1-5,8,12H,6-7,11H2. The van der Waals surface area contributed by atoms with E-state index in [-0.39, 0.29) is 11.3 Å². The van der Waals surface area contributed by atoms with Gasteiger partial charge in [0.1, 0.15) is 4.90 Å². The zero-order valence-corrected chi connectivity index (χ0v) is 9.76. The lowest BCUT2D eigenvalue weighted by atomic mass is 10.2. The first-order valence-corrected chi connectivity index (χ1v) is 6.25. The molecule has 0 bridgehead atoms. The third-order valence-corrected chi connectivity index (χ3v) is 3.15. The Labute approximate surface area is 99.1 Å². The predicted molar refractivity (Wildman–Crippen MR) is 59.4 cm³/mol. The molecule has 0 aliphatic carbocycles. The van der Waals surface area contributed by atoms with Crippen LogP contribution >= 0.6 is 0 Å². The second-order valence-electron chi connectivity index (χ2n) is 3.37. The van der Waals surface area contributed by atoms with Crippen molar-refractivity contribution in [1.29, 1.82) is 0 Å². The van der Waals surface area contributed by atoms with E-state index in [2.05, 4.69) is 4.18 Å². The highest BCUT2D eigenvalue weighted by molar-refractivity contribution is 7.87. The number of carbonyl (C=O) groups is 1. The van der Waals surface area contributed by atoms with Crippen molar-refractivity contribution in [1.82, 2.24) is 0 Å². The average Bonchev–Trinajstić information content (AvgIpc) is 2.29. The Balaban J connectivity index is 2.72. The first kappa shape index (κ1) is 13.6. The number of aliphatic hydroxyl groups is 1. The molecule has 0 spiro atoms. The molecule has 0 aromatic heterocycles. The number of aliphatic hydroxyl groups excluding tert-OH is 1. The van der Waals surface area contributed by atoms with E-state index in [1.807, 2.05) is 0 Å². The van der Waals surface area contributed by atoms with Crippen molar-refractivity contribution in [3.05, 3.63) is 30.3 Å². The van der Waals surface area contributed by atoms with Gasteiger partial charge >= 0.3 is 16.1 Å². The van der Waals surface area contributed by atoms with E-state index in [4.69, 9.17) is 10.8 Å². The van der Waals surface area contributed by atoms with Gasteiger partial charge < -0.3 is 15.0 Å². The predicted octanol–water partition coefficient (Wildman–Crippen LogP) is -0.372. The molecule has 1 atom stereocenters. The molecule has 1 unspecified atom stereocenters. The van der Waals surface area contributed by atoms with Gasteiger partial charge in [-0.2, -0.15) is 8.42 Å². The highest BCUT2D eigenvalue weighted by Gasteiger charge is 2.21. The fourth-order valence-corrected chi connectivity index (χ4v) is 1.97. The molecule has 3 N–H and O–H groups in total. The third-order valence-electron chi connectivity index (χ3n) is 1.90. The summed E-state index contributed by atoms with van der Waals surface area (Å²) in [6, 6.07) is 6.47. The van der Waals surface area contributed by atoms with Gasteiger partial charge in [-0.25, -0.2) is 0 Å². The summed E-state index contributed by atoms with van der Waals surface area (Å²) < 4.78 is 27.5. The molecule has 1 rings (SSSR count). The molecule has 1 aromatic carbocycles. The van der Waals surface area contributed by atoms with Crippen LogP contribution in [-0.4, -0.2) is 32.1 Å². The molecule has 17 heavy (non-hydrogen) atoms. The minimum Gasteiger partial charge on any atom is -0.395 e. The molecule has 0 saturated heterocycles. The SMILES string of the molecule is NC(CO)CC(=O)OS(=O)(=O)c1ccccc1. The maximum Gasteiger partial charge on any atom is 0.341 e. The van der Waals surface area contributed by atoms with Gasteiger partial charge in [-0.3, -0.25) is 4.79 Å². The van der Waals surface area contributed by atoms with Crippen molar-refractivity contribution >= 4 is 16.1 Å². The summed E-state index contributed by atoms with van der Waals surface area (Å²) in [4.78, 5) is 11.1. The molecule has 0 radical (unpaired) electrons. The van der Waals surface area contributed by atoms with E-state index in [0.717, 1.165) is 0 Å². The van der Waals surface area contributed by atoms with Crippen LogP contribution in [0.15, 0.2) is 35.2 Å². The first-order valence-electron chi connectivity index (χ1n) is 4.84. The molecule has 0 saturated carbocycles. The number of nitrogens with two attached hydrogens (primary N) is 1. The third kappa shape index (κ3) is 4.14. The van der Waals surface area contributed by atoms with Gasteiger partial charge in [0.2, 0.25) is 0 Å². The number of rotatable bonds is 5. The van der Waals surface area contributed by atoms with Crippen molar-refractivity contribution in [2.75, 3.05) is 6.61 Å². The normalized spacial score (nSPS) is 13.1. The number of hydrogen-bond donors (Lipinski definition) is 2. The van der Waals surface area contributed by atoms with E-state index >= 15 is 0 Å². The molecule has 0 aliphatic heterocycles. The Kier molecular flexibility index (Phi) is 4.62. The van der Waals surface area contributed by atoms with E-state index in [0.29, 0.717) is 0 Å². The molecule has 0 heterocycles. The Hall–Kier alpha value is -1.44. The van der Waals surface area contributed by atoms with Crippen LogP contribution in [0.2, 0.25) is 0 Å². The summed E-state index contributed by atoms with van der Waals surface area (Å²) in [6.45, 7) is -0.416. The molecule has 94 valence electrons. The smallest absolute Gasteiger partial charge is 0.341 e. The lowest BCUT2D eigenvalue weighted by molar-refractivity contribution is -0.134. The molecule has 0 aliphatic rings. The molecular weight excluding hydrogens is 246 g/mol. The summed E-state index contributed by atoms with van der Waals surface area (Å²) >= 11 is 0. The highest BCUT2D eigenvalue weighted by atomic mass is 32.2. The molecular formula is C10H13NO5S. The van der Waals surface area contributed by atoms with E-state index in [1.54, 1.807) is 6.07 Å². The molecule has 0 amide bonds. The summed E-state index contributed by atoms with van der Waals surface area (Å²) in [5.74, 6) is -0.990. The van der Waals surface area contributed by atoms with Crippen molar-refractivity contribution in [3.63, 3.8) is 0 Å². The minimum atomic E-state index is -4.10. The Bertz CT molecular complexity index is 471. The highest BCUT2D eigenvalue weighted by Crippen LogP contribution is 2.12. The lowest BCUT2D eigenvalue weighted by Gasteiger charge is -2.08. The quantitative estimate of drug-likeness (QED) is 0.698. The van der Waals surface area contributed by atoms with Crippen molar-refractivity contribution < 1.29 is 22.5 Å². The monoisotopic (exact) mass is 259 g/mol. The minimum absolute atomic E-state index is 0.106. The van der Waals surface area contributed by atoms with E-state index in [1.165, 1.54) is 24.3 Å².